The lowest BCUT2D eigenvalue weighted by molar-refractivity contribution is 0.672. The van der Waals surface area contributed by atoms with Crippen LogP contribution in [0.5, 0.6) is 0 Å². The second-order valence-electron chi connectivity index (χ2n) is 15.1. The molecule has 4 nitrogen and oxygen atoms in total. The second-order valence-corrected chi connectivity index (χ2v) is 15.1. The fourth-order valence-corrected chi connectivity index (χ4v) is 9.28. The van der Waals surface area contributed by atoms with Crippen molar-refractivity contribution in [1.82, 2.24) is 0 Å². The maximum atomic E-state index is 10.2. The van der Waals surface area contributed by atoms with E-state index in [0.717, 1.165) is 39.5 Å². The molecule has 0 N–H and O–H groups in total. The van der Waals surface area contributed by atoms with E-state index in [0.29, 0.717) is 11.3 Å². The van der Waals surface area contributed by atoms with Gasteiger partial charge in [0.15, 0.2) is 0 Å². The maximum Gasteiger partial charge on any atom is 0.210 e. The van der Waals surface area contributed by atoms with Crippen molar-refractivity contribution in [3.8, 4) is 17.2 Å². The molecular formula is C53H36N4. The third-order valence-electron chi connectivity index (χ3n) is 11.6. The van der Waals surface area contributed by atoms with Crippen LogP contribution in [0.2, 0.25) is 0 Å². The van der Waals surface area contributed by atoms with E-state index < -0.39 is 0 Å². The first-order valence-corrected chi connectivity index (χ1v) is 19.2. The first-order valence-electron chi connectivity index (χ1n) is 19.2. The molecule has 0 aromatic heterocycles. The van der Waals surface area contributed by atoms with E-state index in [4.69, 9.17) is 6.57 Å². The van der Waals surface area contributed by atoms with Gasteiger partial charge in [0.05, 0.1) is 29.2 Å². The normalized spacial score (nSPS) is 12.5. The zero-order valence-corrected chi connectivity index (χ0v) is 31.6. The molecule has 9 aromatic rings. The van der Waals surface area contributed by atoms with Crippen LogP contribution in [0, 0.1) is 17.9 Å². The van der Waals surface area contributed by atoms with Crippen molar-refractivity contribution in [3.63, 3.8) is 0 Å². The molecule has 0 unspecified atom stereocenters. The summed E-state index contributed by atoms with van der Waals surface area (Å²) in [6.45, 7) is 12.9. The lowest BCUT2D eigenvalue weighted by atomic mass is 9.77. The van der Waals surface area contributed by atoms with Crippen LogP contribution in [0.4, 0.5) is 39.8 Å². The molecule has 0 fully saturated rings. The van der Waals surface area contributed by atoms with Crippen molar-refractivity contribution in [2.24, 2.45) is 0 Å². The second kappa shape index (κ2) is 13.3. The number of fused-ring (bicyclic) bond motifs is 10. The predicted molar refractivity (Wildman–Crippen MR) is 237 cm³/mol. The van der Waals surface area contributed by atoms with Gasteiger partial charge in [0, 0.05) is 27.9 Å². The Hall–Kier alpha value is -7.66. The van der Waals surface area contributed by atoms with E-state index >= 15 is 0 Å². The monoisotopic (exact) mass is 728 g/mol. The van der Waals surface area contributed by atoms with Gasteiger partial charge in [-0.1, -0.05) is 135 Å². The molecule has 57 heavy (non-hydrogen) atoms. The number of hydrogen-bond acceptors (Lipinski definition) is 3. The summed E-state index contributed by atoms with van der Waals surface area (Å²) >= 11 is 0. The Morgan fingerprint density at radius 1 is 0.474 bits per heavy atom. The Morgan fingerprint density at radius 2 is 1.04 bits per heavy atom. The van der Waals surface area contributed by atoms with Crippen LogP contribution in [0.3, 0.4) is 0 Å². The third-order valence-corrected chi connectivity index (χ3v) is 11.6. The number of nitrogens with zero attached hydrogens (tertiary/aromatic N) is 4. The lowest BCUT2D eigenvalue weighted by Crippen LogP contribution is -2.17. The molecule has 0 saturated carbocycles. The summed E-state index contributed by atoms with van der Waals surface area (Å²) in [6.07, 6.45) is 0. The van der Waals surface area contributed by atoms with Crippen molar-refractivity contribution in [2.75, 3.05) is 9.80 Å². The first kappa shape index (κ1) is 33.9. The van der Waals surface area contributed by atoms with Crippen LogP contribution >= 0.6 is 0 Å². The van der Waals surface area contributed by atoms with Gasteiger partial charge < -0.3 is 9.80 Å². The molecule has 0 atom stereocenters. The molecule has 0 amide bonds. The average Bonchev–Trinajstić information content (AvgIpc) is 3.51. The number of hydrogen-bond donors (Lipinski definition) is 0. The zero-order chi connectivity index (χ0) is 38.7. The van der Waals surface area contributed by atoms with E-state index in [9.17, 15) is 5.26 Å². The molecule has 0 bridgehead atoms. The Kier molecular flexibility index (Phi) is 7.89. The van der Waals surface area contributed by atoms with Crippen molar-refractivity contribution in [2.45, 2.75) is 19.3 Å². The van der Waals surface area contributed by atoms with Crippen LogP contribution in [0.25, 0.3) is 48.3 Å². The predicted octanol–water partition coefficient (Wildman–Crippen LogP) is 14.8. The number of rotatable bonds is 6. The molecule has 0 saturated heterocycles. The average molecular weight is 729 g/mol. The van der Waals surface area contributed by atoms with Crippen molar-refractivity contribution in [3.05, 3.63) is 210 Å². The molecule has 268 valence electrons. The fraction of sp³-hybridized carbons (Fsp3) is 0.0566. The number of nitriles is 1. The summed E-state index contributed by atoms with van der Waals surface area (Å²) in [5.74, 6) is 0. The number of benzene rings is 9. The SMILES string of the molecule is [C-]#[N+]c1ccccc1N(c1ccccc1)c1cc2c(c3ccccc13)C(C)(C)c1c-2c2ccccc2c2cc(N(c3ccccc3)c3ccccc3C#N)ccc12. The van der Waals surface area contributed by atoms with Crippen molar-refractivity contribution in [1.29, 1.82) is 5.26 Å². The summed E-state index contributed by atoms with van der Waals surface area (Å²) in [7, 11) is 0. The maximum absolute atomic E-state index is 10.2. The van der Waals surface area contributed by atoms with Gasteiger partial charge >= 0.3 is 0 Å². The van der Waals surface area contributed by atoms with Gasteiger partial charge in [-0.15, -0.1) is 0 Å². The Bertz CT molecular complexity index is 3130. The van der Waals surface area contributed by atoms with Gasteiger partial charge in [0.2, 0.25) is 5.69 Å². The molecule has 1 aliphatic carbocycles. The van der Waals surface area contributed by atoms with E-state index in [1.807, 2.05) is 66.7 Å². The molecule has 9 aromatic carbocycles. The van der Waals surface area contributed by atoms with Gasteiger partial charge in [-0.05, 0) is 110 Å². The van der Waals surface area contributed by atoms with Gasteiger partial charge in [-0.3, -0.25) is 0 Å². The van der Waals surface area contributed by atoms with Crippen LogP contribution in [-0.2, 0) is 5.41 Å². The van der Waals surface area contributed by atoms with E-state index in [2.05, 4.69) is 150 Å². The summed E-state index contributed by atoms with van der Waals surface area (Å²) < 4.78 is 0. The number of para-hydroxylation sites is 5. The molecule has 0 spiro atoms. The highest BCUT2D eigenvalue weighted by Crippen LogP contribution is 2.59. The number of anilines is 6. The first-order chi connectivity index (χ1) is 28.0. The van der Waals surface area contributed by atoms with E-state index in [-0.39, 0.29) is 5.41 Å². The lowest BCUT2D eigenvalue weighted by Gasteiger charge is -2.30. The van der Waals surface area contributed by atoms with Crippen LogP contribution in [0.1, 0.15) is 30.5 Å². The zero-order valence-electron chi connectivity index (χ0n) is 31.6. The van der Waals surface area contributed by atoms with Crippen LogP contribution in [0.15, 0.2) is 182 Å². The molecular weight excluding hydrogens is 693 g/mol. The molecule has 4 heteroatoms. The summed E-state index contributed by atoms with van der Waals surface area (Å²) in [6, 6.07) is 65.5. The quantitative estimate of drug-likeness (QED) is 0.126. The van der Waals surface area contributed by atoms with Crippen molar-refractivity contribution >= 4 is 72.1 Å². The molecule has 0 aliphatic heterocycles. The summed E-state index contributed by atoms with van der Waals surface area (Å²) in [4.78, 5) is 8.44. The molecule has 0 heterocycles. The minimum Gasteiger partial charge on any atom is -0.320 e. The van der Waals surface area contributed by atoms with Crippen LogP contribution in [-0.4, -0.2) is 0 Å². The topological polar surface area (TPSA) is 34.6 Å². The van der Waals surface area contributed by atoms with Gasteiger partial charge in [0.1, 0.15) is 6.07 Å². The van der Waals surface area contributed by atoms with Gasteiger partial charge in [-0.2, -0.15) is 5.26 Å². The highest BCUT2D eigenvalue weighted by Gasteiger charge is 2.41. The summed E-state index contributed by atoms with van der Waals surface area (Å²) in [5, 5.41) is 17.3. The summed E-state index contributed by atoms with van der Waals surface area (Å²) in [5.41, 5.74) is 11.6. The Labute approximate surface area is 332 Å². The van der Waals surface area contributed by atoms with Gasteiger partial charge in [-0.25, -0.2) is 4.85 Å². The minimum atomic E-state index is -0.356. The molecule has 1 aliphatic rings. The fourth-order valence-electron chi connectivity index (χ4n) is 9.28. The van der Waals surface area contributed by atoms with Gasteiger partial charge in [0.25, 0.3) is 0 Å². The van der Waals surface area contributed by atoms with E-state index in [1.165, 1.54) is 49.2 Å². The molecule has 10 rings (SSSR count). The smallest absolute Gasteiger partial charge is 0.210 e. The van der Waals surface area contributed by atoms with Crippen molar-refractivity contribution < 1.29 is 0 Å². The Balaban J connectivity index is 1.28. The standard InChI is InChI=1S/C53H36N4/c1-53(2)51-42-26-14-12-24-40(42)49(57(37-21-8-5-9-22-37)48-29-17-15-27-46(48)55-3)33-45(51)50-41-25-13-11-23-39(41)44-32-38(30-31-43(44)52(50)53)56(36-19-6-4-7-20-36)47-28-16-10-18-35(47)34-54/h4-33H,1-2H3. The Morgan fingerprint density at radius 3 is 1.74 bits per heavy atom. The van der Waals surface area contributed by atoms with E-state index in [1.54, 1.807) is 0 Å². The highest BCUT2D eigenvalue weighted by atomic mass is 15.2. The minimum absolute atomic E-state index is 0.356. The third kappa shape index (κ3) is 5.20. The largest absolute Gasteiger partial charge is 0.320 e. The van der Waals surface area contributed by atoms with Crippen LogP contribution < -0.4 is 9.80 Å². The molecule has 0 radical (unpaired) electrons. The highest BCUT2D eigenvalue weighted by molar-refractivity contribution is 6.21.